The first kappa shape index (κ1) is 11.7. The molecule has 104 valence electrons. The van der Waals surface area contributed by atoms with Gasteiger partial charge in [0.2, 0.25) is 5.91 Å². The molecule has 0 aromatic rings. The van der Waals surface area contributed by atoms with E-state index in [1.165, 1.54) is 19.3 Å². The Balaban J connectivity index is 1.50. The van der Waals surface area contributed by atoms with E-state index in [1.807, 2.05) is 0 Å². The van der Waals surface area contributed by atoms with Crippen LogP contribution >= 0.6 is 0 Å². The zero-order valence-corrected chi connectivity index (χ0v) is 10.9. The summed E-state index contributed by atoms with van der Waals surface area (Å²) < 4.78 is 0. The summed E-state index contributed by atoms with van der Waals surface area (Å²) in [5, 5.41) is 12.3. The van der Waals surface area contributed by atoms with Crippen molar-refractivity contribution in [3.8, 4) is 0 Å². The van der Waals surface area contributed by atoms with E-state index in [2.05, 4.69) is 5.32 Å². The Morgan fingerprint density at radius 1 is 1.16 bits per heavy atom. The highest BCUT2D eigenvalue weighted by molar-refractivity contribution is 5.88. The molecule has 4 fully saturated rings. The minimum absolute atomic E-state index is 0.125. The molecule has 0 aromatic carbocycles. The average molecular weight is 264 g/mol. The molecule has 1 aliphatic heterocycles. The second-order valence-electron chi connectivity index (χ2n) is 6.60. The van der Waals surface area contributed by atoms with E-state index in [1.54, 1.807) is 4.90 Å². The monoisotopic (exact) mass is 264 g/mol. The van der Waals surface area contributed by atoms with Crippen molar-refractivity contribution in [3.63, 3.8) is 0 Å². The smallest absolute Gasteiger partial charge is 0.327 e. The van der Waals surface area contributed by atoms with Crippen LogP contribution in [-0.4, -0.2) is 47.6 Å². The number of carbonyl (C=O) groups is 2. The zero-order valence-electron chi connectivity index (χ0n) is 10.9. The number of hydrogen-bond donors (Lipinski definition) is 2. The van der Waals surface area contributed by atoms with Crippen LogP contribution in [0.5, 0.6) is 0 Å². The fourth-order valence-electron chi connectivity index (χ4n) is 5.04. The number of carboxylic acid groups (broad SMARTS) is 1. The number of rotatable bonds is 2. The molecule has 1 amide bonds. The molecule has 4 rings (SSSR count). The van der Waals surface area contributed by atoms with Crippen molar-refractivity contribution in [2.75, 3.05) is 19.6 Å². The third-order valence-corrected chi connectivity index (χ3v) is 5.83. The molecular formula is C14H20N2O3. The molecular weight excluding hydrogens is 244 g/mol. The number of amides is 1. The standard InChI is InChI=1S/C14H20N2O3/c17-13(16-4-3-15-6-9(16)14(18)19)12-10-7-1-2-8(5-7)11(10)12/h7-12,15H,1-6H2,(H,18,19). The van der Waals surface area contributed by atoms with Crippen molar-refractivity contribution in [2.24, 2.45) is 29.6 Å². The van der Waals surface area contributed by atoms with Crippen molar-refractivity contribution in [3.05, 3.63) is 0 Å². The summed E-state index contributed by atoms with van der Waals surface area (Å²) in [6.45, 7) is 1.64. The van der Waals surface area contributed by atoms with Gasteiger partial charge in [0.25, 0.3) is 0 Å². The predicted octanol–water partition coefficient (Wildman–Crippen LogP) is 0.163. The quantitative estimate of drug-likeness (QED) is 0.745. The lowest BCUT2D eigenvalue weighted by molar-refractivity contribution is -0.152. The largest absolute Gasteiger partial charge is 0.480 e. The van der Waals surface area contributed by atoms with Gasteiger partial charge in [0.15, 0.2) is 0 Å². The predicted molar refractivity (Wildman–Crippen MR) is 67.3 cm³/mol. The molecule has 0 spiro atoms. The highest BCUT2D eigenvalue weighted by atomic mass is 16.4. The first-order valence-corrected chi connectivity index (χ1v) is 7.42. The molecule has 19 heavy (non-hydrogen) atoms. The molecule has 2 N–H and O–H groups in total. The van der Waals surface area contributed by atoms with Gasteiger partial charge in [0, 0.05) is 25.6 Å². The van der Waals surface area contributed by atoms with Crippen molar-refractivity contribution < 1.29 is 14.7 Å². The summed E-state index contributed by atoms with van der Waals surface area (Å²) in [6.07, 6.45) is 3.90. The van der Waals surface area contributed by atoms with Crippen molar-refractivity contribution >= 4 is 11.9 Å². The third-order valence-electron chi connectivity index (χ3n) is 5.83. The van der Waals surface area contributed by atoms with Gasteiger partial charge in [-0.15, -0.1) is 0 Å². The van der Waals surface area contributed by atoms with Crippen molar-refractivity contribution in [1.82, 2.24) is 10.2 Å². The summed E-state index contributed by atoms with van der Waals surface area (Å²) in [5.74, 6) is 2.11. The maximum Gasteiger partial charge on any atom is 0.327 e. The number of carbonyl (C=O) groups excluding carboxylic acids is 1. The molecule has 5 unspecified atom stereocenters. The highest BCUT2D eigenvalue weighted by Crippen LogP contribution is 2.69. The molecule has 1 heterocycles. The van der Waals surface area contributed by atoms with E-state index in [0.29, 0.717) is 31.5 Å². The van der Waals surface area contributed by atoms with Crippen LogP contribution < -0.4 is 5.32 Å². The van der Waals surface area contributed by atoms with Gasteiger partial charge in [-0.2, -0.15) is 0 Å². The lowest BCUT2D eigenvalue weighted by Crippen LogP contribution is -2.57. The Morgan fingerprint density at radius 2 is 1.84 bits per heavy atom. The molecule has 2 bridgehead atoms. The van der Waals surface area contributed by atoms with Gasteiger partial charge in [-0.1, -0.05) is 0 Å². The number of piperazine rings is 1. The third kappa shape index (κ3) is 1.57. The van der Waals surface area contributed by atoms with E-state index in [-0.39, 0.29) is 11.8 Å². The fourth-order valence-corrected chi connectivity index (χ4v) is 5.04. The molecule has 4 aliphatic rings. The maximum atomic E-state index is 12.6. The summed E-state index contributed by atoms with van der Waals surface area (Å²) in [6, 6.07) is -0.666. The Kier molecular flexibility index (Phi) is 2.43. The minimum atomic E-state index is -0.880. The average Bonchev–Trinajstić information content (AvgIpc) is 2.85. The topological polar surface area (TPSA) is 69.6 Å². The van der Waals surface area contributed by atoms with Crippen molar-refractivity contribution in [2.45, 2.75) is 25.3 Å². The van der Waals surface area contributed by atoms with Gasteiger partial charge in [-0.3, -0.25) is 4.79 Å². The van der Waals surface area contributed by atoms with Gasteiger partial charge in [-0.05, 0) is 42.9 Å². The van der Waals surface area contributed by atoms with Crippen LogP contribution in [0.1, 0.15) is 19.3 Å². The van der Waals surface area contributed by atoms with Crippen LogP contribution in [0.3, 0.4) is 0 Å². The van der Waals surface area contributed by atoms with E-state index in [4.69, 9.17) is 0 Å². The van der Waals surface area contributed by atoms with Gasteiger partial charge in [0.05, 0.1) is 0 Å². The van der Waals surface area contributed by atoms with Crippen LogP contribution in [0, 0.1) is 29.6 Å². The van der Waals surface area contributed by atoms with Crippen LogP contribution in [0.15, 0.2) is 0 Å². The highest BCUT2D eigenvalue weighted by Gasteiger charge is 2.68. The molecule has 5 atom stereocenters. The Labute approximate surface area is 112 Å². The van der Waals surface area contributed by atoms with E-state index >= 15 is 0 Å². The Bertz CT molecular complexity index is 422. The summed E-state index contributed by atoms with van der Waals surface area (Å²) >= 11 is 0. The molecule has 5 heteroatoms. The minimum Gasteiger partial charge on any atom is -0.480 e. The van der Waals surface area contributed by atoms with Gasteiger partial charge < -0.3 is 15.3 Å². The zero-order chi connectivity index (χ0) is 13.1. The van der Waals surface area contributed by atoms with E-state index in [9.17, 15) is 14.7 Å². The molecule has 0 aromatic heterocycles. The van der Waals surface area contributed by atoms with E-state index < -0.39 is 12.0 Å². The maximum absolute atomic E-state index is 12.6. The lowest BCUT2D eigenvalue weighted by atomic mass is 10.0. The number of hydrogen-bond acceptors (Lipinski definition) is 3. The van der Waals surface area contributed by atoms with E-state index in [0.717, 1.165) is 11.8 Å². The number of nitrogens with zero attached hydrogens (tertiary/aromatic N) is 1. The van der Waals surface area contributed by atoms with Crippen LogP contribution in [0.2, 0.25) is 0 Å². The molecule has 0 radical (unpaired) electrons. The van der Waals surface area contributed by atoms with Gasteiger partial charge in [0.1, 0.15) is 6.04 Å². The summed E-state index contributed by atoms with van der Waals surface area (Å²) in [5.41, 5.74) is 0. The number of fused-ring (bicyclic) bond motifs is 5. The van der Waals surface area contributed by atoms with Crippen molar-refractivity contribution in [1.29, 1.82) is 0 Å². The number of carboxylic acids is 1. The normalized spacial score (nSPS) is 47.1. The van der Waals surface area contributed by atoms with Gasteiger partial charge in [-0.25, -0.2) is 4.79 Å². The molecule has 1 saturated heterocycles. The number of aliphatic carboxylic acids is 1. The Hall–Kier alpha value is -1.10. The lowest BCUT2D eigenvalue weighted by Gasteiger charge is -2.34. The van der Waals surface area contributed by atoms with Crippen LogP contribution in [-0.2, 0) is 9.59 Å². The van der Waals surface area contributed by atoms with Crippen LogP contribution in [0.4, 0.5) is 0 Å². The molecule has 3 aliphatic carbocycles. The fraction of sp³-hybridized carbons (Fsp3) is 0.857. The first-order valence-electron chi connectivity index (χ1n) is 7.42. The van der Waals surface area contributed by atoms with Gasteiger partial charge >= 0.3 is 5.97 Å². The second-order valence-corrected chi connectivity index (χ2v) is 6.60. The van der Waals surface area contributed by atoms with Crippen LogP contribution in [0.25, 0.3) is 0 Å². The molecule has 3 saturated carbocycles. The molecule has 5 nitrogen and oxygen atoms in total. The second kappa shape index (κ2) is 3.95. The first-order chi connectivity index (χ1) is 9.18. The Morgan fingerprint density at radius 3 is 2.47 bits per heavy atom. The summed E-state index contributed by atoms with van der Waals surface area (Å²) in [4.78, 5) is 25.5. The SMILES string of the molecule is O=C(O)C1CNCCN1C(=O)C1C2C3CCC(C3)C12. The summed E-state index contributed by atoms with van der Waals surface area (Å²) in [7, 11) is 0. The number of nitrogens with one attached hydrogen (secondary N) is 1.